The first-order valence-corrected chi connectivity index (χ1v) is 11.9. The van der Waals surface area contributed by atoms with E-state index in [9.17, 15) is 0 Å². The van der Waals surface area contributed by atoms with E-state index in [0.29, 0.717) is 0 Å². The molecule has 0 amide bonds. The van der Waals surface area contributed by atoms with Gasteiger partial charge in [0.25, 0.3) is 0 Å². The van der Waals surface area contributed by atoms with Crippen LogP contribution in [-0.2, 0) is 0 Å². The second kappa shape index (κ2) is 23.3. The van der Waals surface area contributed by atoms with E-state index >= 15 is 0 Å². The first-order chi connectivity index (χ1) is 12.7. The summed E-state index contributed by atoms with van der Waals surface area (Å²) in [6.45, 7) is 7.67. The van der Waals surface area contributed by atoms with Gasteiger partial charge in [0.15, 0.2) is 0 Å². The predicted molar refractivity (Wildman–Crippen MR) is 124 cm³/mol. The summed E-state index contributed by atoms with van der Waals surface area (Å²) in [5.41, 5.74) is 7.35. The van der Waals surface area contributed by atoms with Crippen molar-refractivity contribution in [1.29, 1.82) is 0 Å². The maximum atomic E-state index is 6.04. The lowest BCUT2D eigenvalue weighted by Crippen LogP contribution is -2.22. The first-order valence-electron chi connectivity index (χ1n) is 11.9. The Labute approximate surface area is 171 Å². The molecule has 0 bridgehead atoms. The van der Waals surface area contributed by atoms with Gasteiger partial charge in [-0.1, -0.05) is 117 Å². The van der Waals surface area contributed by atoms with Crippen LogP contribution < -0.4 is 17.2 Å². The Balaban J connectivity index is 0. The summed E-state index contributed by atoms with van der Waals surface area (Å²) < 4.78 is 0. The highest BCUT2D eigenvalue weighted by atomic mass is 15.0. The average Bonchev–Trinajstić information content (AvgIpc) is 2.64. The normalized spacial score (nSPS) is 11.8. The SMILES string of the molecule is CCCCCCCCCCCCCCCCCCNC(N)=C(C)CCC.N. The van der Waals surface area contributed by atoms with E-state index in [1.807, 2.05) is 0 Å². The summed E-state index contributed by atoms with van der Waals surface area (Å²) in [7, 11) is 0. The lowest BCUT2D eigenvalue weighted by atomic mass is 10.0. The van der Waals surface area contributed by atoms with E-state index in [-0.39, 0.29) is 6.15 Å². The van der Waals surface area contributed by atoms with Gasteiger partial charge in [0.2, 0.25) is 0 Å². The molecular weight excluding hydrogens is 330 g/mol. The predicted octanol–water partition coefficient (Wildman–Crippen LogP) is 7.99. The van der Waals surface area contributed by atoms with Crippen molar-refractivity contribution in [3.8, 4) is 0 Å². The highest BCUT2D eigenvalue weighted by molar-refractivity contribution is 5.06. The van der Waals surface area contributed by atoms with Crippen LogP contribution >= 0.6 is 0 Å². The standard InChI is InChI=1S/C24H50N2.H3N/c1-4-6-7-8-9-10-11-12-13-14-15-16-17-18-19-20-22-26-24(25)23(3)21-5-2;/h26H,4-22,25H2,1-3H3;1H3. The molecule has 0 atom stereocenters. The van der Waals surface area contributed by atoms with Crippen molar-refractivity contribution >= 4 is 0 Å². The monoisotopic (exact) mass is 383 g/mol. The van der Waals surface area contributed by atoms with Crippen LogP contribution in [0.2, 0.25) is 0 Å². The number of nitrogens with two attached hydrogens (primary N) is 1. The molecule has 3 heteroatoms. The molecule has 0 unspecified atom stereocenters. The van der Waals surface area contributed by atoms with Gasteiger partial charge < -0.3 is 17.2 Å². The lowest BCUT2D eigenvalue weighted by Gasteiger charge is -2.10. The second-order valence-corrected chi connectivity index (χ2v) is 8.17. The molecule has 27 heavy (non-hydrogen) atoms. The third kappa shape index (κ3) is 21.5. The molecule has 0 heterocycles. The zero-order chi connectivity index (χ0) is 19.3. The van der Waals surface area contributed by atoms with E-state index in [4.69, 9.17) is 5.73 Å². The number of unbranched alkanes of at least 4 members (excludes halogenated alkanes) is 15. The number of hydrogen-bond acceptors (Lipinski definition) is 3. The molecule has 164 valence electrons. The summed E-state index contributed by atoms with van der Waals surface area (Å²) in [6.07, 6.45) is 25.0. The van der Waals surface area contributed by atoms with Gasteiger partial charge in [0.05, 0.1) is 5.82 Å². The fourth-order valence-corrected chi connectivity index (χ4v) is 3.56. The van der Waals surface area contributed by atoms with Crippen molar-refractivity contribution < 1.29 is 0 Å². The first kappa shape index (κ1) is 28.5. The van der Waals surface area contributed by atoms with Crippen LogP contribution in [0.25, 0.3) is 0 Å². The second-order valence-electron chi connectivity index (χ2n) is 8.17. The number of hydrogen-bond donors (Lipinski definition) is 3. The minimum atomic E-state index is 0. The smallest absolute Gasteiger partial charge is 0.0948 e. The van der Waals surface area contributed by atoms with Gasteiger partial charge in [-0.2, -0.15) is 0 Å². The van der Waals surface area contributed by atoms with Gasteiger partial charge >= 0.3 is 0 Å². The molecule has 0 radical (unpaired) electrons. The summed E-state index contributed by atoms with van der Waals surface area (Å²) in [4.78, 5) is 0. The van der Waals surface area contributed by atoms with Crippen LogP contribution in [0, 0.1) is 0 Å². The summed E-state index contributed by atoms with van der Waals surface area (Å²) in [5, 5.41) is 3.37. The van der Waals surface area contributed by atoms with E-state index in [1.54, 1.807) is 0 Å². The van der Waals surface area contributed by atoms with Gasteiger partial charge in [-0.15, -0.1) is 0 Å². The largest absolute Gasteiger partial charge is 0.386 e. The van der Waals surface area contributed by atoms with Crippen molar-refractivity contribution in [2.45, 2.75) is 136 Å². The maximum absolute atomic E-state index is 6.04. The maximum Gasteiger partial charge on any atom is 0.0948 e. The van der Waals surface area contributed by atoms with Gasteiger partial charge in [0, 0.05) is 6.54 Å². The molecule has 0 saturated carbocycles. The van der Waals surface area contributed by atoms with Crippen molar-refractivity contribution in [3.63, 3.8) is 0 Å². The van der Waals surface area contributed by atoms with Gasteiger partial charge in [0.1, 0.15) is 0 Å². The van der Waals surface area contributed by atoms with E-state index in [1.165, 1.54) is 115 Å². The van der Waals surface area contributed by atoms with Crippen LogP contribution in [0.15, 0.2) is 11.4 Å². The Kier molecular flexibility index (Phi) is 24.6. The number of rotatable bonds is 20. The van der Waals surface area contributed by atoms with Crippen molar-refractivity contribution in [2.75, 3.05) is 6.54 Å². The van der Waals surface area contributed by atoms with E-state index in [2.05, 4.69) is 26.1 Å². The fourth-order valence-electron chi connectivity index (χ4n) is 3.56. The van der Waals surface area contributed by atoms with Crippen LogP contribution in [0.3, 0.4) is 0 Å². The zero-order valence-corrected chi connectivity index (χ0v) is 19.2. The molecule has 0 aromatic heterocycles. The van der Waals surface area contributed by atoms with Gasteiger partial charge in [-0.05, 0) is 25.3 Å². The highest BCUT2D eigenvalue weighted by Crippen LogP contribution is 2.13. The Bertz CT molecular complexity index is 313. The van der Waals surface area contributed by atoms with Gasteiger partial charge in [-0.25, -0.2) is 0 Å². The van der Waals surface area contributed by atoms with Crippen molar-refractivity contribution in [1.82, 2.24) is 11.5 Å². The molecule has 0 aliphatic carbocycles. The van der Waals surface area contributed by atoms with Crippen LogP contribution in [0.4, 0.5) is 0 Å². The molecule has 0 fully saturated rings. The molecule has 0 aromatic rings. The third-order valence-electron chi connectivity index (χ3n) is 5.43. The summed E-state index contributed by atoms with van der Waals surface area (Å²) in [6, 6.07) is 0. The molecule has 0 saturated heterocycles. The average molecular weight is 384 g/mol. The molecule has 0 spiro atoms. The van der Waals surface area contributed by atoms with Crippen molar-refractivity contribution in [2.24, 2.45) is 5.73 Å². The quantitative estimate of drug-likeness (QED) is 0.186. The fraction of sp³-hybridized carbons (Fsp3) is 0.917. The van der Waals surface area contributed by atoms with E-state index < -0.39 is 0 Å². The Morgan fingerprint density at radius 2 is 0.963 bits per heavy atom. The Hall–Kier alpha value is -0.700. The molecule has 0 aliphatic heterocycles. The summed E-state index contributed by atoms with van der Waals surface area (Å²) >= 11 is 0. The molecule has 6 N–H and O–H groups in total. The van der Waals surface area contributed by atoms with E-state index in [0.717, 1.165) is 18.8 Å². The minimum absolute atomic E-state index is 0. The molecule has 0 rings (SSSR count). The zero-order valence-electron chi connectivity index (χ0n) is 19.2. The van der Waals surface area contributed by atoms with Crippen molar-refractivity contribution in [3.05, 3.63) is 11.4 Å². The summed E-state index contributed by atoms with van der Waals surface area (Å²) in [5.74, 6) is 0.910. The molecular formula is C24H53N3. The lowest BCUT2D eigenvalue weighted by molar-refractivity contribution is 0.528. The number of allylic oxidation sites excluding steroid dienone is 1. The topological polar surface area (TPSA) is 73.0 Å². The minimum Gasteiger partial charge on any atom is -0.386 e. The Morgan fingerprint density at radius 3 is 1.33 bits per heavy atom. The molecule has 0 aromatic carbocycles. The van der Waals surface area contributed by atoms with Crippen LogP contribution in [0.5, 0.6) is 0 Å². The molecule has 0 aliphatic rings. The van der Waals surface area contributed by atoms with Gasteiger partial charge in [-0.3, -0.25) is 0 Å². The highest BCUT2D eigenvalue weighted by Gasteiger charge is 1.97. The third-order valence-corrected chi connectivity index (χ3v) is 5.43. The Morgan fingerprint density at radius 1 is 0.593 bits per heavy atom. The number of nitrogens with one attached hydrogen (secondary N) is 1. The molecule has 3 nitrogen and oxygen atoms in total. The van der Waals surface area contributed by atoms with Crippen LogP contribution in [0.1, 0.15) is 136 Å². The van der Waals surface area contributed by atoms with Crippen LogP contribution in [-0.4, -0.2) is 6.54 Å².